The molecule has 0 fully saturated rings. The van der Waals surface area contributed by atoms with E-state index in [1.807, 2.05) is 85.8 Å². The number of nitriles is 1. The van der Waals surface area contributed by atoms with Gasteiger partial charge in [-0.1, -0.05) is 77.8 Å². The normalized spacial score (nSPS) is 15.8. The maximum Gasteiger partial charge on any atom is 0.318 e. The Hall–Kier alpha value is -5.69. The highest BCUT2D eigenvalue weighted by Crippen LogP contribution is 2.41. The third-order valence-corrected chi connectivity index (χ3v) is 10.3. The third-order valence-electron chi connectivity index (χ3n) is 9.60. The number of fused-ring (bicyclic) bond motifs is 2. The van der Waals surface area contributed by atoms with E-state index in [-0.39, 0.29) is 24.6 Å². The van der Waals surface area contributed by atoms with Gasteiger partial charge in [0.25, 0.3) is 0 Å². The number of benzene rings is 5. The number of urea groups is 1. The van der Waals surface area contributed by atoms with Crippen LogP contribution in [-0.4, -0.2) is 42.6 Å². The predicted molar refractivity (Wildman–Crippen MR) is 208 cm³/mol. The summed E-state index contributed by atoms with van der Waals surface area (Å²) in [5.74, 6) is 1.70. The molecule has 0 radical (unpaired) electrons. The van der Waals surface area contributed by atoms with Gasteiger partial charge >= 0.3 is 6.03 Å². The molecule has 0 saturated heterocycles. The van der Waals surface area contributed by atoms with Crippen molar-refractivity contribution in [2.45, 2.75) is 45.1 Å². The fourth-order valence-corrected chi connectivity index (χ4v) is 6.96. The van der Waals surface area contributed by atoms with Gasteiger partial charge < -0.3 is 29.7 Å². The lowest BCUT2D eigenvalue weighted by Gasteiger charge is -2.37. The number of amides is 3. The zero-order chi connectivity index (χ0) is 37.6. The Morgan fingerprint density at radius 2 is 1.56 bits per heavy atom. The molecule has 5 aromatic rings. The number of hydrogen-bond acceptors (Lipinski definition) is 6. The van der Waals surface area contributed by atoms with Crippen molar-refractivity contribution in [3.63, 3.8) is 0 Å². The lowest BCUT2D eigenvalue weighted by molar-refractivity contribution is -0.125. The average Bonchev–Trinajstić information content (AvgIpc) is 3.20. The largest absolute Gasteiger partial charge is 0.489 e. The Morgan fingerprint density at radius 1 is 0.852 bits per heavy atom. The van der Waals surface area contributed by atoms with E-state index in [0.717, 1.165) is 38.9 Å². The number of halogens is 2. The van der Waals surface area contributed by atoms with Crippen molar-refractivity contribution in [2.75, 3.05) is 19.7 Å². The first-order valence-corrected chi connectivity index (χ1v) is 18.6. The molecule has 2 atom stereocenters. The maximum absolute atomic E-state index is 13.6. The summed E-state index contributed by atoms with van der Waals surface area (Å²) in [5, 5.41) is 16.0. The number of ether oxygens (including phenoxy) is 3. The summed E-state index contributed by atoms with van der Waals surface area (Å²) in [4.78, 5) is 28.5. The average molecular weight is 762 g/mol. The molecule has 0 aliphatic carbocycles. The lowest BCUT2D eigenvalue weighted by atomic mass is 9.92. The minimum atomic E-state index is -0.685. The van der Waals surface area contributed by atoms with E-state index in [4.69, 9.17) is 42.7 Å². The third kappa shape index (κ3) is 8.41. The van der Waals surface area contributed by atoms with Crippen LogP contribution in [-0.2, 0) is 30.8 Å². The van der Waals surface area contributed by atoms with E-state index in [1.54, 1.807) is 29.2 Å². The number of rotatable bonds is 10. The lowest BCUT2D eigenvalue weighted by Crippen LogP contribution is -2.55. The summed E-state index contributed by atoms with van der Waals surface area (Å²) in [6.45, 7) is 3.64. The number of nitrogens with one attached hydrogen (secondary N) is 2. The van der Waals surface area contributed by atoms with Crippen molar-refractivity contribution >= 4 is 35.1 Å². The molecule has 7 rings (SSSR count). The van der Waals surface area contributed by atoms with Gasteiger partial charge in [-0.25, -0.2) is 4.79 Å². The summed E-state index contributed by atoms with van der Waals surface area (Å²) in [5.41, 5.74) is 7.48. The number of nitrogens with zero attached hydrogens (tertiary/aromatic N) is 2. The zero-order valence-corrected chi connectivity index (χ0v) is 31.1. The van der Waals surface area contributed by atoms with Crippen molar-refractivity contribution in [2.24, 2.45) is 0 Å². The summed E-state index contributed by atoms with van der Waals surface area (Å²) in [6, 6.07) is 33.7. The van der Waals surface area contributed by atoms with Gasteiger partial charge in [-0.2, -0.15) is 5.26 Å². The van der Waals surface area contributed by atoms with Crippen molar-refractivity contribution in [1.82, 2.24) is 15.5 Å². The first-order chi connectivity index (χ1) is 26.3. The SMILES string of the molecule is CCNC(=O)N1Cc2cc3c(cc2CC1C(=O)NCCc1ccc(-c2ccc(C#N)cc2)cc1)OCC(c1ccc(OCc2ccc(Cl)c(Cl)c2)cc1)O3. The molecule has 5 aromatic carbocycles. The van der Waals surface area contributed by atoms with Crippen LogP contribution in [0.4, 0.5) is 4.79 Å². The molecule has 0 spiro atoms. The Morgan fingerprint density at radius 3 is 2.26 bits per heavy atom. The molecule has 54 heavy (non-hydrogen) atoms. The number of carbonyl (C=O) groups excluding carboxylic acids is 2. The van der Waals surface area contributed by atoms with E-state index in [0.29, 0.717) is 72.0 Å². The van der Waals surface area contributed by atoms with Gasteiger partial charge in [0.05, 0.1) is 21.7 Å². The Kier molecular flexibility index (Phi) is 11.2. The number of hydrogen-bond donors (Lipinski definition) is 2. The van der Waals surface area contributed by atoms with Crippen LogP contribution < -0.4 is 24.8 Å². The van der Waals surface area contributed by atoms with E-state index < -0.39 is 6.04 Å². The molecule has 2 aliphatic heterocycles. The van der Waals surface area contributed by atoms with Gasteiger partial charge in [0, 0.05) is 26.1 Å². The molecular weight excluding hydrogens is 723 g/mol. The van der Waals surface area contributed by atoms with E-state index >= 15 is 0 Å². The van der Waals surface area contributed by atoms with Crippen LogP contribution in [0.2, 0.25) is 10.0 Å². The van der Waals surface area contributed by atoms with Crippen molar-refractivity contribution in [1.29, 1.82) is 5.26 Å². The molecule has 3 amide bonds. The Balaban J connectivity index is 0.975. The van der Waals surface area contributed by atoms with Crippen LogP contribution >= 0.6 is 23.2 Å². The molecule has 2 unspecified atom stereocenters. The van der Waals surface area contributed by atoms with Crippen molar-refractivity contribution in [3.8, 4) is 34.4 Å². The fourth-order valence-electron chi connectivity index (χ4n) is 6.64. The second-order valence-corrected chi connectivity index (χ2v) is 14.0. The first-order valence-electron chi connectivity index (χ1n) is 17.8. The predicted octanol–water partition coefficient (Wildman–Crippen LogP) is 8.44. The molecule has 0 aromatic heterocycles. The quantitative estimate of drug-likeness (QED) is 0.148. The fraction of sp³-hybridized carbons (Fsp3) is 0.233. The maximum atomic E-state index is 13.6. The number of carbonyl (C=O) groups is 2. The summed E-state index contributed by atoms with van der Waals surface area (Å²) in [6.07, 6.45) is 0.646. The van der Waals surface area contributed by atoms with Crippen LogP contribution in [0.1, 0.15) is 46.4 Å². The van der Waals surface area contributed by atoms with E-state index in [1.165, 1.54) is 0 Å². The first kappa shape index (κ1) is 36.7. The summed E-state index contributed by atoms with van der Waals surface area (Å²) in [7, 11) is 0. The van der Waals surface area contributed by atoms with Crippen LogP contribution in [0.5, 0.6) is 17.2 Å². The standard InChI is InChI=1S/C43H38Cl2N4O5/c1-2-47-43(51)49-24-34-22-40-39(53-26-41(54-40)32-12-14-35(15-13-32)52-25-29-7-16-36(44)37(45)19-29)21-33(34)20-38(49)42(50)48-18-17-27-3-8-30(9-4-27)31-10-5-28(23-46)6-11-31/h3-16,19,21-22,38,41H,2,17-18,20,24-26H2,1H3,(H,47,51)(H,48,50). The molecular formula is C43H38Cl2N4O5. The van der Waals surface area contributed by atoms with Gasteiger partial charge in [-0.3, -0.25) is 4.79 Å². The van der Waals surface area contributed by atoms with Crippen molar-refractivity contribution < 1.29 is 23.8 Å². The summed E-state index contributed by atoms with van der Waals surface area (Å²) >= 11 is 12.2. The minimum Gasteiger partial charge on any atom is -0.489 e. The summed E-state index contributed by atoms with van der Waals surface area (Å²) < 4.78 is 18.6. The van der Waals surface area contributed by atoms with Crippen LogP contribution in [0.15, 0.2) is 103 Å². The van der Waals surface area contributed by atoms with Crippen LogP contribution in [0.3, 0.4) is 0 Å². The van der Waals surface area contributed by atoms with Gasteiger partial charge in [-0.05, 0) is 101 Å². The smallest absolute Gasteiger partial charge is 0.318 e. The van der Waals surface area contributed by atoms with E-state index in [9.17, 15) is 9.59 Å². The highest BCUT2D eigenvalue weighted by molar-refractivity contribution is 6.42. The van der Waals surface area contributed by atoms with Gasteiger partial charge in [-0.15, -0.1) is 0 Å². The second kappa shape index (κ2) is 16.5. The van der Waals surface area contributed by atoms with Gasteiger partial charge in [0.15, 0.2) is 17.6 Å². The zero-order valence-electron chi connectivity index (χ0n) is 29.6. The molecule has 274 valence electrons. The Bertz CT molecular complexity index is 2190. The topological polar surface area (TPSA) is 113 Å². The van der Waals surface area contributed by atoms with Gasteiger partial charge in [0.1, 0.15) is 25.0 Å². The monoisotopic (exact) mass is 760 g/mol. The van der Waals surface area contributed by atoms with Crippen LogP contribution in [0, 0.1) is 11.3 Å². The highest BCUT2D eigenvalue weighted by Gasteiger charge is 2.36. The molecule has 9 nitrogen and oxygen atoms in total. The molecule has 2 N–H and O–H groups in total. The molecule has 0 saturated carbocycles. The molecule has 0 bridgehead atoms. The molecule has 2 heterocycles. The Labute approximate surface area is 324 Å². The molecule has 11 heteroatoms. The molecule has 2 aliphatic rings. The van der Waals surface area contributed by atoms with E-state index in [2.05, 4.69) is 16.7 Å². The minimum absolute atomic E-state index is 0.208. The highest BCUT2D eigenvalue weighted by atomic mass is 35.5. The van der Waals surface area contributed by atoms with Crippen LogP contribution in [0.25, 0.3) is 11.1 Å². The second-order valence-electron chi connectivity index (χ2n) is 13.2. The van der Waals surface area contributed by atoms with Crippen molar-refractivity contribution in [3.05, 3.63) is 147 Å². The van der Waals surface area contributed by atoms with Gasteiger partial charge in [0.2, 0.25) is 5.91 Å².